The minimum atomic E-state index is -0.992. The van der Waals surface area contributed by atoms with E-state index in [1.807, 2.05) is 6.26 Å². The Hall–Kier alpha value is -0.830. The Labute approximate surface area is 117 Å². The van der Waals surface area contributed by atoms with Gasteiger partial charge in [0.05, 0.1) is 0 Å². The molecule has 0 aromatic carbocycles. The third-order valence-corrected chi connectivity index (χ3v) is 3.21. The molecule has 0 aliphatic rings. The van der Waals surface area contributed by atoms with Crippen molar-refractivity contribution in [1.29, 1.82) is 0 Å². The Morgan fingerprint density at radius 3 is 2.42 bits per heavy atom. The maximum atomic E-state index is 10.9. The summed E-state index contributed by atoms with van der Waals surface area (Å²) in [5.41, 5.74) is 11.0. The lowest BCUT2D eigenvalue weighted by Gasteiger charge is -2.14. The largest absolute Gasteiger partial charge is 0.480 e. The van der Waals surface area contributed by atoms with Crippen molar-refractivity contribution in [3.63, 3.8) is 0 Å². The van der Waals surface area contributed by atoms with Crippen LogP contribution in [0.3, 0.4) is 0 Å². The van der Waals surface area contributed by atoms with Gasteiger partial charge in [0.15, 0.2) is 0 Å². The summed E-state index contributed by atoms with van der Waals surface area (Å²) in [6, 6.07) is -1.42. The van der Waals surface area contributed by atoms with E-state index in [1.54, 1.807) is 11.8 Å². The van der Waals surface area contributed by atoms with Crippen LogP contribution in [0.5, 0.6) is 0 Å². The maximum absolute atomic E-state index is 10.9. The number of unbranched alkanes of at least 4 members (excludes halogenated alkanes) is 1. The maximum Gasteiger partial charge on any atom is 0.322 e. The number of thioether (sulfide) groups is 1. The summed E-state index contributed by atoms with van der Waals surface area (Å²) in [4.78, 5) is 21.4. The molecular formula is C11H23N3O4S. The molecule has 0 bridgehead atoms. The van der Waals surface area contributed by atoms with Gasteiger partial charge in [0, 0.05) is 6.54 Å². The second-order valence-corrected chi connectivity index (χ2v) is 5.17. The highest BCUT2D eigenvalue weighted by Crippen LogP contribution is 2.01. The van der Waals surface area contributed by atoms with Crippen LogP contribution in [0, 0.1) is 0 Å². The van der Waals surface area contributed by atoms with E-state index in [0.717, 1.165) is 12.2 Å². The molecule has 0 amide bonds. The lowest BCUT2D eigenvalue weighted by atomic mass is 10.1. The number of hydrazine groups is 1. The number of carbonyl (C=O) groups is 2. The average molecular weight is 293 g/mol. The van der Waals surface area contributed by atoms with Crippen molar-refractivity contribution < 1.29 is 19.8 Å². The quantitative estimate of drug-likeness (QED) is 0.249. The summed E-state index contributed by atoms with van der Waals surface area (Å²) in [5.74, 6) is -1.09. The molecule has 0 aromatic rings. The Morgan fingerprint density at radius 2 is 1.89 bits per heavy atom. The smallest absolute Gasteiger partial charge is 0.322 e. The Bertz CT molecular complexity index is 279. The number of nitrogens with one attached hydrogen (secondary N) is 2. The highest BCUT2D eigenvalue weighted by atomic mass is 32.2. The van der Waals surface area contributed by atoms with Crippen LogP contribution in [0.25, 0.3) is 0 Å². The fraction of sp³-hybridized carbons (Fsp3) is 0.818. The van der Waals surface area contributed by atoms with Gasteiger partial charge in [0.1, 0.15) is 12.1 Å². The van der Waals surface area contributed by atoms with Crippen LogP contribution in [-0.4, -0.2) is 52.8 Å². The molecule has 0 rings (SSSR count). The van der Waals surface area contributed by atoms with Gasteiger partial charge in [-0.25, -0.2) is 5.43 Å². The van der Waals surface area contributed by atoms with Crippen molar-refractivity contribution in [2.75, 3.05) is 18.6 Å². The van der Waals surface area contributed by atoms with Gasteiger partial charge < -0.3 is 15.9 Å². The molecule has 0 fully saturated rings. The second kappa shape index (κ2) is 11.0. The molecule has 0 heterocycles. The number of nitrogens with two attached hydrogens (primary N) is 1. The highest BCUT2D eigenvalue weighted by Gasteiger charge is 2.15. The third kappa shape index (κ3) is 9.71. The number of aliphatic carboxylic acids is 2. The van der Waals surface area contributed by atoms with Gasteiger partial charge in [-0.1, -0.05) is 0 Å². The van der Waals surface area contributed by atoms with Gasteiger partial charge in [-0.15, -0.1) is 0 Å². The average Bonchev–Trinajstić information content (AvgIpc) is 2.35. The zero-order chi connectivity index (χ0) is 14.7. The third-order valence-electron chi connectivity index (χ3n) is 2.57. The van der Waals surface area contributed by atoms with Gasteiger partial charge in [-0.05, 0) is 37.7 Å². The Kier molecular flexibility index (Phi) is 10.6. The zero-order valence-electron chi connectivity index (χ0n) is 11.1. The van der Waals surface area contributed by atoms with E-state index in [4.69, 9.17) is 15.9 Å². The first-order valence-corrected chi connectivity index (χ1v) is 7.57. The molecule has 112 valence electrons. The van der Waals surface area contributed by atoms with Crippen LogP contribution in [0.2, 0.25) is 0 Å². The lowest BCUT2D eigenvalue weighted by molar-refractivity contribution is -0.140. The first-order valence-electron chi connectivity index (χ1n) is 6.17. The molecule has 0 radical (unpaired) electrons. The number of hydrogen-bond donors (Lipinski definition) is 5. The summed E-state index contributed by atoms with van der Waals surface area (Å²) in [7, 11) is 0. The van der Waals surface area contributed by atoms with Crippen molar-refractivity contribution in [1.82, 2.24) is 10.9 Å². The SMILES string of the molecule is CSCC[C@H](NNCCCC[C@H](N)C(=O)O)C(=O)O. The second-order valence-electron chi connectivity index (χ2n) is 4.18. The van der Waals surface area contributed by atoms with E-state index in [-0.39, 0.29) is 0 Å². The van der Waals surface area contributed by atoms with Crippen LogP contribution in [0.1, 0.15) is 25.7 Å². The van der Waals surface area contributed by atoms with Crippen molar-refractivity contribution in [2.45, 2.75) is 37.8 Å². The Morgan fingerprint density at radius 1 is 1.21 bits per heavy atom. The molecule has 0 aliphatic heterocycles. The minimum absolute atomic E-state index is 0.422. The molecule has 0 aliphatic carbocycles. The molecule has 0 saturated carbocycles. The van der Waals surface area contributed by atoms with Gasteiger partial charge in [0.25, 0.3) is 0 Å². The first kappa shape index (κ1) is 18.2. The monoisotopic (exact) mass is 293 g/mol. The summed E-state index contributed by atoms with van der Waals surface area (Å²) in [6.07, 6.45) is 4.32. The number of rotatable bonds is 12. The van der Waals surface area contributed by atoms with E-state index in [0.29, 0.717) is 25.8 Å². The van der Waals surface area contributed by atoms with E-state index >= 15 is 0 Å². The van der Waals surface area contributed by atoms with Crippen LogP contribution < -0.4 is 16.6 Å². The molecule has 19 heavy (non-hydrogen) atoms. The van der Waals surface area contributed by atoms with Gasteiger partial charge >= 0.3 is 11.9 Å². The minimum Gasteiger partial charge on any atom is -0.480 e. The number of hydrogen-bond acceptors (Lipinski definition) is 6. The van der Waals surface area contributed by atoms with Crippen molar-refractivity contribution >= 4 is 23.7 Å². The molecular weight excluding hydrogens is 270 g/mol. The highest BCUT2D eigenvalue weighted by molar-refractivity contribution is 7.98. The van der Waals surface area contributed by atoms with E-state index in [9.17, 15) is 9.59 Å². The number of carboxylic acids is 2. The normalized spacial score (nSPS) is 14.0. The lowest BCUT2D eigenvalue weighted by Crippen LogP contribution is -2.46. The first-order chi connectivity index (χ1) is 8.99. The van der Waals surface area contributed by atoms with Crippen molar-refractivity contribution in [3.05, 3.63) is 0 Å². The fourth-order valence-electron chi connectivity index (χ4n) is 1.39. The molecule has 6 N–H and O–H groups in total. The summed E-state index contributed by atoms with van der Waals surface area (Å²) in [5, 5.41) is 17.5. The molecule has 0 aromatic heterocycles. The summed E-state index contributed by atoms with van der Waals surface area (Å²) in [6.45, 7) is 0.579. The van der Waals surface area contributed by atoms with Crippen LogP contribution in [0.15, 0.2) is 0 Å². The van der Waals surface area contributed by atoms with Gasteiger partial charge in [-0.2, -0.15) is 11.8 Å². The van der Waals surface area contributed by atoms with E-state index in [1.165, 1.54) is 0 Å². The predicted molar refractivity (Wildman–Crippen MR) is 75.0 cm³/mol. The van der Waals surface area contributed by atoms with Gasteiger partial charge in [-0.3, -0.25) is 15.0 Å². The molecule has 2 atom stereocenters. The number of carboxylic acid groups (broad SMARTS) is 2. The summed E-state index contributed by atoms with van der Waals surface area (Å²) < 4.78 is 0. The predicted octanol–water partition coefficient (Wildman–Crippen LogP) is -0.131. The fourth-order valence-corrected chi connectivity index (χ4v) is 1.86. The van der Waals surface area contributed by atoms with E-state index < -0.39 is 24.0 Å². The van der Waals surface area contributed by atoms with Gasteiger partial charge in [0.2, 0.25) is 0 Å². The molecule has 8 heteroatoms. The molecule has 0 unspecified atom stereocenters. The van der Waals surface area contributed by atoms with Crippen molar-refractivity contribution in [3.8, 4) is 0 Å². The topological polar surface area (TPSA) is 125 Å². The van der Waals surface area contributed by atoms with Crippen LogP contribution in [-0.2, 0) is 9.59 Å². The standard InChI is InChI=1S/C11H23N3O4S/c1-19-7-5-9(11(17)18)14-13-6-3-2-4-8(12)10(15)16/h8-9,13-14H,2-7,12H2,1H3,(H,15,16)(H,17,18)/t8-,9-/m0/s1. The zero-order valence-corrected chi connectivity index (χ0v) is 11.9. The summed E-state index contributed by atoms with van der Waals surface area (Å²) >= 11 is 1.60. The van der Waals surface area contributed by atoms with Crippen LogP contribution in [0.4, 0.5) is 0 Å². The van der Waals surface area contributed by atoms with Crippen LogP contribution >= 0.6 is 11.8 Å². The van der Waals surface area contributed by atoms with Crippen molar-refractivity contribution in [2.24, 2.45) is 5.73 Å². The molecule has 0 saturated heterocycles. The van der Waals surface area contributed by atoms with E-state index in [2.05, 4.69) is 10.9 Å². The molecule has 7 nitrogen and oxygen atoms in total. The Balaban J connectivity index is 3.60. The molecule has 0 spiro atoms.